The number of unbranched alkanes of at least 4 members (excludes halogenated alkanes) is 3. The van der Waals surface area contributed by atoms with E-state index in [-0.39, 0.29) is 28.9 Å². The first kappa shape index (κ1) is 25.9. The predicted octanol–water partition coefficient (Wildman–Crippen LogP) is 3.36. The first-order valence-electron chi connectivity index (χ1n) is 9.07. The Morgan fingerprint density at radius 1 is 1.30 bits per heavy atom. The lowest BCUT2D eigenvalue weighted by molar-refractivity contribution is 0.455. The van der Waals surface area contributed by atoms with Gasteiger partial charge in [-0.25, -0.2) is 18.1 Å². The molecule has 1 aromatic carbocycles. The zero-order valence-electron chi connectivity index (χ0n) is 16.6. The highest BCUT2D eigenvalue weighted by atomic mass is 127. The molecule has 0 atom stereocenters. The van der Waals surface area contributed by atoms with Crippen molar-refractivity contribution in [2.45, 2.75) is 44.0 Å². The zero-order valence-corrected chi connectivity index (χ0v) is 19.7. The molecule has 1 aromatic rings. The van der Waals surface area contributed by atoms with Crippen LogP contribution in [-0.4, -0.2) is 46.5 Å². The van der Waals surface area contributed by atoms with Crippen LogP contribution >= 0.6 is 24.0 Å². The molecule has 8 heteroatoms. The first-order chi connectivity index (χ1) is 12.4. The van der Waals surface area contributed by atoms with E-state index in [9.17, 15) is 8.42 Å². The third-order valence-corrected chi connectivity index (χ3v) is 5.40. The van der Waals surface area contributed by atoms with Crippen LogP contribution in [0.2, 0.25) is 0 Å². The van der Waals surface area contributed by atoms with E-state index in [0.717, 1.165) is 43.9 Å². The summed E-state index contributed by atoms with van der Waals surface area (Å²) in [7, 11) is -0.00224. The molecule has 27 heavy (non-hydrogen) atoms. The average Bonchev–Trinajstić information content (AvgIpc) is 2.65. The molecule has 0 aliphatic heterocycles. The molecule has 0 spiro atoms. The lowest BCUT2D eigenvalue weighted by Crippen LogP contribution is -2.39. The van der Waals surface area contributed by atoms with Crippen LogP contribution < -0.4 is 10.0 Å². The molecular formula is C19H33IN4O2S. The van der Waals surface area contributed by atoms with Crippen LogP contribution in [-0.2, 0) is 16.6 Å². The second-order valence-corrected chi connectivity index (χ2v) is 7.97. The second-order valence-electron chi connectivity index (χ2n) is 6.08. The normalized spacial score (nSPS) is 11.6. The van der Waals surface area contributed by atoms with Gasteiger partial charge in [-0.2, -0.15) is 0 Å². The minimum Gasteiger partial charge on any atom is -0.357 e. The van der Waals surface area contributed by atoms with Crippen LogP contribution in [0.25, 0.3) is 0 Å². The standard InChI is InChI=1S/C19H32N4O2S.HI/c1-5-7-8-9-10-14-23(4)19(21-6-2)22-16-17-12-11-13-18(15-17)26(24,25)20-3;/h5,11-13,15,20H,1,6-10,14,16H2,2-4H3,(H,21,22);1H. The highest BCUT2D eigenvalue weighted by molar-refractivity contribution is 14.0. The molecule has 0 fully saturated rings. The fourth-order valence-electron chi connectivity index (χ4n) is 2.49. The summed E-state index contributed by atoms with van der Waals surface area (Å²) in [6.45, 7) is 7.92. The number of sulfonamides is 1. The van der Waals surface area contributed by atoms with Gasteiger partial charge in [0.1, 0.15) is 0 Å². The van der Waals surface area contributed by atoms with Crippen molar-refractivity contribution in [2.24, 2.45) is 4.99 Å². The Kier molecular flexibility index (Phi) is 13.4. The number of nitrogens with one attached hydrogen (secondary N) is 2. The fraction of sp³-hybridized carbons (Fsp3) is 0.526. The van der Waals surface area contributed by atoms with Crippen LogP contribution in [0.3, 0.4) is 0 Å². The number of allylic oxidation sites excluding steroid dienone is 1. The van der Waals surface area contributed by atoms with Gasteiger partial charge in [0, 0.05) is 20.1 Å². The highest BCUT2D eigenvalue weighted by Crippen LogP contribution is 2.12. The summed E-state index contributed by atoms with van der Waals surface area (Å²) in [5.41, 5.74) is 0.858. The second kappa shape index (κ2) is 14.0. The van der Waals surface area contributed by atoms with Gasteiger partial charge in [0.2, 0.25) is 10.0 Å². The molecule has 6 nitrogen and oxygen atoms in total. The molecule has 0 aliphatic carbocycles. The molecule has 0 bridgehead atoms. The molecule has 0 aromatic heterocycles. The van der Waals surface area contributed by atoms with E-state index in [4.69, 9.17) is 0 Å². The van der Waals surface area contributed by atoms with E-state index < -0.39 is 10.0 Å². The van der Waals surface area contributed by atoms with E-state index in [0.29, 0.717) is 6.54 Å². The molecule has 0 saturated carbocycles. The Morgan fingerprint density at radius 2 is 2.04 bits per heavy atom. The van der Waals surface area contributed by atoms with Crippen molar-refractivity contribution >= 4 is 40.0 Å². The number of hydrogen-bond acceptors (Lipinski definition) is 3. The lowest BCUT2D eigenvalue weighted by Gasteiger charge is -2.22. The summed E-state index contributed by atoms with van der Waals surface area (Å²) in [4.78, 5) is 7.02. The van der Waals surface area contributed by atoms with Crippen molar-refractivity contribution in [3.05, 3.63) is 42.5 Å². The number of rotatable bonds is 11. The molecule has 0 radical (unpaired) electrons. The summed E-state index contributed by atoms with van der Waals surface area (Å²) in [5.74, 6) is 0.832. The third kappa shape index (κ3) is 9.57. The van der Waals surface area contributed by atoms with Gasteiger partial charge < -0.3 is 10.2 Å². The van der Waals surface area contributed by atoms with Crippen molar-refractivity contribution < 1.29 is 8.42 Å². The maximum Gasteiger partial charge on any atom is 0.240 e. The van der Waals surface area contributed by atoms with Crippen LogP contribution in [0.5, 0.6) is 0 Å². The van der Waals surface area contributed by atoms with E-state index in [1.165, 1.54) is 13.5 Å². The van der Waals surface area contributed by atoms with Crippen LogP contribution in [0.15, 0.2) is 46.8 Å². The van der Waals surface area contributed by atoms with E-state index in [1.807, 2.05) is 26.1 Å². The van der Waals surface area contributed by atoms with E-state index in [2.05, 4.69) is 26.5 Å². The van der Waals surface area contributed by atoms with Crippen molar-refractivity contribution in [3.8, 4) is 0 Å². The van der Waals surface area contributed by atoms with Gasteiger partial charge in [-0.1, -0.05) is 24.6 Å². The molecule has 154 valence electrons. The highest BCUT2D eigenvalue weighted by Gasteiger charge is 2.11. The maximum atomic E-state index is 11.9. The number of benzene rings is 1. The number of nitrogens with zero attached hydrogens (tertiary/aromatic N) is 2. The van der Waals surface area contributed by atoms with Gasteiger partial charge in [0.25, 0.3) is 0 Å². The van der Waals surface area contributed by atoms with Crippen molar-refractivity contribution in [3.63, 3.8) is 0 Å². The molecule has 0 saturated heterocycles. The Morgan fingerprint density at radius 3 is 2.67 bits per heavy atom. The van der Waals surface area contributed by atoms with Gasteiger partial charge in [0.05, 0.1) is 11.4 Å². The monoisotopic (exact) mass is 508 g/mol. The number of guanidine groups is 1. The first-order valence-corrected chi connectivity index (χ1v) is 10.6. The summed E-state index contributed by atoms with van der Waals surface area (Å²) in [5, 5.41) is 3.29. The Balaban J connectivity index is 0.00000676. The molecule has 0 aliphatic rings. The quantitative estimate of drug-likeness (QED) is 0.158. The zero-order chi connectivity index (χ0) is 19.4. The Labute approximate surface area is 181 Å². The summed E-state index contributed by atoms with van der Waals surface area (Å²) in [6, 6.07) is 6.87. The molecule has 0 unspecified atom stereocenters. The summed E-state index contributed by atoms with van der Waals surface area (Å²) < 4.78 is 26.2. The van der Waals surface area contributed by atoms with Crippen molar-refractivity contribution in [2.75, 3.05) is 27.2 Å². The number of aliphatic imine (C=N–C) groups is 1. The Hall–Kier alpha value is -1.13. The average molecular weight is 508 g/mol. The minimum atomic E-state index is -3.44. The van der Waals surface area contributed by atoms with Crippen molar-refractivity contribution in [1.82, 2.24) is 14.9 Å². The largest absolute Gasteiger partial charge is 0.357 e. The van der Waals surface area contributed by atoms with E-state index in [1.54, 1.807) is 18.2 Å². The topological polar surface area (TPSA) is 73.8 Å². The van der Waals surface area contributed by atoms with Gasteiger partial charge in [0.15, 0.2) is 5.96 Å². The summed E-state index contributed by atoms with van der Waals surface area (Å²) >= 11 is 0. The van der Waals surface area contributed by atoms with Gasteiger partial charge >= 0.3 is 0 Å². The predicted molar refractivity (Wildman–Crippen MR) is 124 cm³/mol. The molecule has 0 heterocycles. The number of halogens is 1. The molecule has 1 rings (SSSR count). The fourth-order valence-corrected chi connectivity index (χ4v) is 3.28. The SMILES string of the molecule is C=CCCCCCN(C)C(=NCc1cccc(S(=O)(=O)NC)c1)NCC.I. The maximum absolute atomic E-state index is 11.9. The van der Waals surface area contributed by atoms with Crippen LogP contribution in [0.4, 0.5) is 0 Å². The lowest BCUT2D eigenvalue weighted by atomic mass is 10.2. The van der Waals surface area contributed by atoms with Crippen molar-refractivity contribution in [1.29, 1.82) is 0 Å². The Bertz CT molecular complexity index is 693. The smallest absolute Gasteiger partial charge is 0.240 e. The third-order valence-electron chi connectivity index (χ3n) is 3.99. The molecular weight excluding hydrogens is 475 g/mol. The molecule has 0 amide bonds. The van der Waals surface area contributed by atoms with E-state index >= 15 is 0 Å². The minimum absolute atomic E-state index is 0. The number of hydrogen-bond donors (Lipinski definition) is 2. The summed E-state index contributed by atoms with van der Waals surface area (Å²) in [6.07, 6.45) is 6.45. The molecule has 2 N–H and O–H groups in total. The van der Waals surface area contributed by atoms with Gasteiger partial charge in [-0.05, 0) is 50.9 Å². The van der Waals surface area contributed by atoms with Gasteiger partial charge in [-0.15, -0.1) is 30.6 Å². The van der Waals surface area contributed by atoms with Crippen LogP contribution in [0, 0.1) is 0 Å². The van der Waals surface area contributed by atoms with Crippen LogP contribution in [0.1, 0.15) is 38.2 Å². The van der Waals surface area contributed by atoms with Gasteiger partial charge in [-0.3, -0.25) is 0 Å².